The Labute approximate surface area is 104 Å². The maximum Gasteiger partial charge on any atom is 0.227 e. The lowest BCUT2D eigenvalue weighted by Gasteiger charge is -1.95. The molecule has 90 valence electrons. The molecule has 1 aromatic heterocycles. The molecule has 0 aliphatic carbocycles. The molecule has 3 aromatic rings. The zero-order chi connectivity index (χ0) is 12.7. The van der Waals surface area contributed by atoms with Gasteiger partial charge in [0.05, 0.1) is 0 Å². The molecule has 0 bridgehead atoms. The van der Waals surface area contributed by atoms with Gasteiger partial charge in [-0.3, -0.25) is 0 Å². The van der Waals surface area contributed by atoms with Crippen LogP contribution in [0.3, 0.4) is 0 Å². The Hall–Kier alpha value is -2.16. The molecular formula is C15H12FNO. The number of fused-ring (bicyclic) bond motifs is 1. The van der Waals surface area contributed by atoms with Crippen LogP contribution in [0, 0.1) is 19.7 Å². The summed E-state index contributed by atoms with van der Waals surface area (Å²) >= 11 is 0. The minimum Gasteiger partial charge on any atom is -0.436 e. The molecule has 0 amide bonds. The fourth-order valence-electron chi connectivity index (χ4n) is 2.00. The highest BCUT2D eigenvalue weighted by molar-refractivity contribution is 5.82. The lowest BCUT2D eigenvalue weighted by molar-refractivity contribution is 0.609. The highest BCUT2D eigenvalue weighted by atomic mass is 19.1. The highest BCUT2D eigenvalue weighted by Crippen LogP contribution is 2.28. The predicted octanol–water partition coefficient (Wildman–Crippen LogP) is 4.25. The smallest absolute Gasteiger partial charge is 0.227 e. The first-order chi connectivity index (χ1) is 8.65. The highest BCUT2D eigenvalue weighted by Gasteiger charge is 2.12. The third-order valence-electron chi connectivity index (χ3n) is 3.01. The van der Waals surface area contributed by atoms with Crippen molar-refractivity contribution in [2.24, 2.45) is 0 Å². The lowest BCUT2D eigenvalue weighted by Crippen LogP contribution is -1.80. The molecule has 0 aliphatic rings. The largest absolute Gasteiger partial charge is 0.436 e. The Morgan fingerprint density at radius 2 is 1.83 bits per heavy atom. The summed E-state index contributed by atoms with van der Waals surface area (Å²) in [5.41, 5.74) is 4.36. The van der Waals surface area contributed by atoms with Crippen LogP contribution >= 0.6 is 0 Å². The topological polar surface area (TPSA) is 26.0 Å². The van der Waals surface area contributed by atoms with Crippen LogP contribution in [0.4, 0.5) is 4.39 Å². The second kappa shape index (κ2) is 3.95. The first-order valence-corrected chi connectivity index (χ1v) is 5.78. The van der Waals surface area contributed by atoms with Crippen molar-refractivity contribution < 1.29 is 8.81 Å². The molecule has 3 heteroatoms. The van der Waals surface area contributed by atoms with Crippen molar-refractivity contribution in [2.75, 3.05) is 0 Å². The Balaban J connectivity index is 2.26. The molecule has 1 heterocycles. The third kappa shape index (κ3) is 1.68. The number of nitrogens with zero attached hydrogens (tertiary/aromatic N) is 1. The van der Waals surface area contributed by atoms with Gasteiger partial charge in [0.15, 0.2) is 5.58 Å². The second-order valence-corrected chi connectivity index (χ2v) is 4.41. The maximum absolute atomic E-state index is 13.2. The summed E-state index contributed by atoms with van der Waals surface area (Å²) in [4.78, 5) is 4.45. The zero-order valence-electron chi connectivity index (χ0n) is 10.2. The number of halogens is 1. The lowest BCUT2D eigenvalue weighted by atomic mass is 10.1. The monoisotopic (exact) mass is 241 g/mol. The Morgan fingerprint density at radius 3 is 2.56 bits per heavy atom. The molecular weight excluding hydrogens is 229 g/mol. The summed E-state index contributed by atoms with van der Waals surface area (Å²) in [7, 11) is 0. The van der Waals surface area contributed by atoms with E-state index < -0.39 is 0 Å². The number of rotatable bonds is 1. The van der Waals surface area contributed by atoms with Crippen LogP contribution in [-0.2, 0) is 0 Å². The summed E-state index contributed by atoms with van der Waals surface area (Å²) < 4.78 is 18.9. The molecule has 0 N–H and O–H groups in total. The van der Waals surface area contributed by atoms with Gasteiger partial charge in [-0.15, -0.1) is 0 Å². The van der Waals surface area contributed by atoms with Gasteiger partial charge in [-0.25, -0.2) is 9.37 Å². The molecule has 0 saturated carbocycles. The van der Waals surface area contributed by atoms with Crippen molar-refractivity contribution in [3.05, 3.63) is 53.3 Å². The van der Waals surface area contributed by atoms with Gasteiger partial charge >= 0.3 is 0 Å². The van der Waals surface area contributed by atoms with Crippen LogP contribution < -0.4 is 0 Å². The number of hydrogen-bond acceptors (Lipinski definition) is 2. The van der Waals surface area contributed by atoms with E-state index in [0.717, 1.165) is 22.2 Å². The molecule has 0 aliphatic heterocycles. The quantitative estimate of drug-likeness (QED) is 0.636. The SMILES string of the molecule is Cc1ccc(C)c2oc(-c3cccc(F)c3)nc12. The first-order valence-electron chi connectivity index (χ1n) is 5.78. The van der Waals surface area contributed by atoms with Crippen LogP contribution in [0.15, 0.2) is 40.8 Å². The van der Waals surface area contributed by atoms with Gasteiger partial charge in [0, 0.05) is 5.56 Å². The molecule has 2 nitrogen and oxygen atoms in total. The number of aromatic nitrogens is 1. The summed E-state index contributed by atoms with van der Waals surface area (Å²) in [6.45, 7) is 3.96. The van der Waals surface area contributed by atoms with Gasteiger partial charge in [0.1, 0.15) is 11.3 Å². The van der Waals surface area contributed by atoms with Crippen molar-refractivity contribution in [1.29, 1.82) is 0 Å². The maximum atomic E-state index is 13.2. The van der Waals surface area contributed by atoms with E-state index >= 15 is 0 Å². The van der Waals surface area contributed by atoms with E-state index in [4.69, 9.17) is 4.42 Å². The van der Waals surface area contributed by atoms with Crippen LogP contribution in [0.25, 0.3) is 22.6 Å². The van der Waals surface area contributed by atoms with Crippen molar-refractivity contribution in [1.82, 2.24) is 4.98 Å². The van der Waals surface area contributed by atoms with Crippen molar-refractivity contribution in [3.63, 3.8) is 0 Å². The Bertz CT molecular complexity index is 691. The predicted molar refractivity (Wildman–Crippen MR) is 68.9 cm³/mol. The molecule has 18 heavy (non-hydrogen) atoms. The van der Waals surface area contributed by atoms with Gasteiger partial charge in [0.2, 0.25) is 5.89 Å². The van der Waals surface area contributed by atoms with Crippen LogP contribution in [-0.4, -0.2) is 4.98 Å². The molecule has 3 rings (SSSR count). The molecule has 0 atom stereocenters. The molecule has 0 spiro atoms. The van der Waals surface area contributed by atoms with Crippen molar-refractivity contribution in [3.8, 4) is 11.5 Å². The van der Waals surface area contributed by atoms with E-state index in [9.17, 15) is 4.39 Å². The van der Waals surface area contributed by atoms with Crippen LogP contribution in [0.1, 0.15) is 11.1 Å². The zero-order valence-corrected chi connectivity index (χ0v) is 10.2. The number of benzene rings is 2. The Kier molecular flexibility index (Phi) is 2.40. The van der Waals surface area contributed by atoms with Crippen molar-refractivity contribution >= 4 is 11.1 Å². The van der Waals surface area contributed by atoms with Gasteiger partial charge < -0.3 is 4.42 Å². The fourth-order valence-corrected chi connectivity index (χ4v) is 2.00. The van der Waals surface area contributed by atoms with E-state index in [0.29, 0.717) is 11.5 Å². The van der Waals surface area contributed by atoms with Crippen LogP contribution in [0.2, 0.25) is 0 Å². The molecule has 0 radical (unpaired) electrons. The van der Waals surface area contributed by atoms with E-state index in [2.05, 4.69) is 4.98 Å². The van der Waals surface area contributed by atoms with Gasteiger partial charge in [0.25, 0.3) is 0 Å². The fraction of sp³-hybridized carbons (Fsp3) is 0.133. The number of hydrogen-bond donors (Lipinski definition) is 0. The molecule has 0 fully saturated rings. The van der Waals surface area contributed by atoms with Gasteiger partial charge in [-0.2, -0.15) is 0 Å². The van der Waals surface area contributed by atoms with Gasteiger partial charge in [-0.1, -0.05) is 18.2 Å². The number of oxazole rings is 1. The first kappa shape index (κ1) is 11.0. The van der Waals surface area contributed by atoms with E-state index in [-0.39, 0.29) is 5.82 Å². The second-order valence-electron chi connectivity index (χ2n) is 4.41. The molecule has 0 saturated heterocycles. The standard InChI is InChI=1S/C15H12FNO/c1-9-6-7-10(2)14-13(9)17-15(18-14)11-4-3-5-12(16)8-11/h3-8H,1-2H3. The van der Waals surface area contributed by atoms with Crippen LogP contribution in [0.5, 0.6) is 0 Å². The summed E-state index contributed by atoms with van der Waals surface area (Å²) in [6, 6.07) is 10.3. The molecule has 0 unspecified atom stereocenters. The average molecular weight is 241 g/mol. The Morgan fingerprint density at radius 1 is 1.06 bits per heavy atom. The molecule has 2 aromatic carbocycles. The summed E-state index contributed by atoms with van der Waals surface area (Å²) in [6.07, 6.45) is 0. The summed E-state index contributed by atoms with van der Waals surface area (Å²) in [5, 5.41) is 0. The minimum absolute atomic E-state index is 0.289. The van der Waals surface area contributed by atoms with Crippen molar-refractivity contribution in [2.45, 2.75) is 13.8 Å². The minimum atomic E-state index is -0.289. The normalized spacial score (nSPS) is 11.1. The summed E-state index contributed by atoms with van der Waals surface area (Å²) in [5.74, 6) is 0.171. The average Bonchev–Trinajstić information content (AvgIpc) is 2.80. The third-order valence-corrected chi connectivity index (χ3v) is 3.01. The van der Waals surface area contributed by atoms with E-state index in [1.165, 1.54) is 12.1 Å². The number of aryl methyl sites for hydroxylation is 2. The van der Waals surface area contributed by atoms with E-state index in [1.54, 1.807) is 12.1 Å². The van der Waals surface area contributed by atoms with Gasteiger partial charge in [-0.05, 0) is 43.2 Å². The van der Waals surface area contributed by atoms with E-state index in [1.807, 2.05) is 26.0 Å².